The van der Waals surface area contributed by atoms with Crippen molar-refractivity contribution in [3.05, 3.63) is 87.0 Å². The summed E-state index contributed by atoms with van der Waals surface area (Å²) in [5.41, 5.74) is 2.94. The van der Waals surface area contributed by atoms with E-state index in [9.17, 15) is 14.0 Å². The van der Waals surface area contributed by atoms with Crippen molar-refractivity contribution < 1.29 is 23.5 Å². The molecule has 0 aliphatic carbocycles. The van der Waals surface area contributed by atoms with E-state index in [0.29, 0.717) is 42.1 Å². The number of amides is 2. The SMILES string of the molecule is COc1cc(/C=C2\SC(=S)N(c3ccc(C)cc3)C2=O)cc(Br)c1OCC(=O)Nc1ccc(F)cc1. The normalized spacial score (nSPS) is 14.3. The number of thioether (sulfide) groups is 1. The summed E-state index contributed by atoms with van der Waals surface area (Å²) < 4.78 is 25.2. The Balaban J connectivity index is 1.49. The van der Waals surface area contributed by atoms with Crippen LogP contribution in [0.25, 0.3) is 6.08 Å². The van der Waals surface area contributed by atoms with E-state index in [4.69, 9.17) is 21.7 Å². The molecule has 0 saturated carbocycles. The molecule has 3 aromatic carbocycles. The Morgan fingerprint density at radius 1 is 1.17 bits per heavy atom. The minimum atomic E-state index is -0.417. The van der Waals surface area contributed by atoms with Crippen molar-refractivity contribution in [2.75, 3.05) is 23.9 Å². The van der Waals surface area contributed by atoms with Crippen LogP contribution in [0.5, 0.6) is 11.5 Å². The summed E-state index contributed by atoms with van der Waals surface area (Å²) >= 11 is 10.1. The number of nitrogens with zero attached hydrogens (tertiary/aromatic N) is 1. The molecule has 4 rings (SSSR count). The number of nitrogens with one attached hydrogen (secondary N) is 1. The maximum Gasteiger partial charge on any atom is 0.270 e. The largest absolute Gasteiger partial charge is 0.493 e. The molecule has 10 heteroatoms. The molecule has 1 fully saturated rings. The molecule has 184 valence electrons. The summed E-state index contributed by atoms with van der Waals surface area (Å²) in [5, 5.41) is 2.63. The van der Waals surface area contributed by atoms with Gasteiger partial charge in [-0.15, -0.1) is 0 Å². The Morgan fingerprint density at radius 3 is 2.53 bits per heavy atom. The molecule has 2 amide bonds. The molecule has 0 bridgehead atoms. The van der Waals surface area contributed by atoms with Crippen molar-refractivity contribution in [2.45, 2.75) is 6.92 Å². The van der Waals surface area contributed by atoms with E-state index < -0.39 is 11.7 Å². The Morgan fingerprint density at radius 2 is 1.86 bits per heavy atom. The van der Waals surface area contributed by atoms with Crippen molar-refractivity contribution in [2.24, 2.45) is 0 Å². The van der Waals surface area contributed by atoms with Crippen molar-refractivity contribution in [3.8, 4) is 11.5 Å². The van der Waals surface area contributed by atoms with Gasteiger partial charge < -0.3 is 14.8 Å². The number of carbonyl (C=O) groups excluding carboxylic acids is 2. The summed E-state index contributed by atoms with van der Waals surface area (Å²) in [6.45, 7) is 1.69. The molecule has 0 radical (unpaired) electrons. The zero-order chi connectivity index (χ0) is 25.8. The Hall–Kier alpha value is -3.21. The van der Waals surface area contributed by atoms with Gasteiger partial charge in [0, 0.05) is 5.69 Å². The van der Waals surface area contributed by atoms with Gasteiger partial charge in [0.15, 0.2) is 22.4 Å². The topological polar surface area (TPSA) is 67.9 Å². The number of rotatable bonds is 7. The van der Waals surface area contributed by atoms with Crippen LogP contribution in [0.1, 0.15) is 11.1 Å². The average molecular weight is 587 g/mol. The molecule has 0 unspecified atom stereocenters. The third-order valence-electron chi connectivity index (χ3n) is 5.11. The van der Waals surface area contributed by atoms with Gasteiger partial charge in [-0.3, -0.25) is 14.5 Å². The Kier molecular flexibility index (Phi) is 8.07. The van der Waals surface area contributed by atoms with Crippen LogP contribution in [0.15, 0.2) is 70.0 Å². The van der Waals surface area contributed by atoms with Crippen molar-refractivity contribution >= 4 is 73.5 Å². The number of hydrogen-bond acceptors (Lipinski definition) is 6. The van der Waals surface area contributed by atoms with Gasteiger partial charge in [-0.1, -0.05) is 41.7 Å². The van der Waals surface area contributed by atoms with Gasteiger partial charge in [-0.2, -0.15) is 0 Å². The standard InChI is InChI=1S/C26H20BrFN2O4S2/c1-15-3-9-19(10-4-15)30-25(32)22(36-26(30)35)13-16-11-20(27)24(21(12-16)33-2)34-14-23(31)29-18-7-5-17(28)6-8-18/h3-13H,14H2,1-2H3,(H,29,31)/b22-13-. The number of ether oxygens (including phenoxy) is 2. The highest BCUT2D eigenvalue weighted by Crippen LogP contribution is 2.40. The molecule has 0 atom stereocenters. The molecule has 36 heavy (non-hydrogen) atoms. The number of carbonyl (C=O) groups is 2. The fourth-order valence-electron chi connectivity index (χ4n) is 3.37. The summed E-state index contributed by atoms with van der Waals surface area (Å²) in [6.07, 6.45) is 1.73. The number of anilines is 2. The number of halogens is 2. The second-order valence-corrected chi connectivity index (χ2v) is 10.3. The van der Waals surface area contributed by atoms with Crippen molar-refractivity contribution in [3.63, 3.8) is 0 Å². The average Bonchev–Trinajstić information content (AvgIpc) is 3.12. The third-order valence-corrected chi connectivity index (χ3v) is 7.00. The van der Waals surface area contributed by atoms with Crippen LogP contribution in [-0.4, -0.2) is 29.9 Å². The number of hydrogen-bond donors (Lipinski definition) is 1. The Bertz CT molecular complexity index is 1360. The smallest absolute Gasteiger partial charge is 0.270 e. The fourth-order valence-corrected chi connectivity index (χ4v) is 5.24. The van der Waals surface area contributed by atoms with Crippen LogP contribution in [0.3, 0.4) is 0 Å². The highest BCUT2D eigenvalue weighted by Gasteiger charge is 2.33. The number of aryl methyl sites for hydroxylation is 1. The van der Waals surface area contributed by atoms with Crippen LogP contribution in [0, 0.1) is 12.7 Å². The molecule has 3 aromatic rings. The highest BCUT2D eigenvalue weighted by molar-refractivity contribution is 9.10. The summed E-state index contributed by atoms with van der Waals surface area (Å²) in [6, 6.07) is 16.5. The summed E-state index contributed by atoms with van der Waals surface area (Å²) in [4.78, 5) is 27.3. The minimum absolute atomic E-state index is 0.207. The molecule has 1 heterocycles. The van der Waals surface area contributed by atoms with Gasteiger partial charge in [-0.25, -0.2) is 4.39 Å². The molecule has 6 nitrogen and oxygen atoms in total. The van der Waals surface area contributed by atoms with Crippen LogP contribution < -0.4 is 19.7 Å². The van der Waals surface area contributed by atoms with E-state index in [1.807, 2.05) is 31.2 Å². The monoisotopic (exact) mass is 586 g/mol. The number of benzene rings is 3. The van der Waals surface area contributed by atoms with Crippen LogP contribution >= 0.6 is 39.9 Å². The maximum absolute atomic E-state index is 13.1. The van der Waals surface area contributed by atoms with E-state index >= 15 is 0 Å². The predicted octanol–water partition coefficient (Wildman–Crippen LogP) is 6.33. The van der Waals surface area contributed by atoms with Gasteiger partial charge >= 0.3 is 0 Å². The van der Waals surface area contributed by atoms with E-state index in [0.717, 1.165) is 5.56 Å². The van der Waals surface area contributed by atoms with Gasteiger partial charge in [0.1, 0.15) is 5.82 Å². The maximum atomic E-state index is 13.1. The first-order chi connectivity index (χ1) is 17.2. The van der Waals surface area contributed by atoms with Crippen molar-refractivity contribution in [1.29, 1.82) is 0 Å². The highest BCUT2D eigenvalue weighted by atomic mass is 79.9. The molecular weight excluding hydrogens is 567 g/mol. The lowest BCUT2D eigenvalue weighted by atomic mass is 10.1. The first kappa shape index (κ1) is 25.9. The second kappa shape index (κ2) is 11.2. The van der Waals surface area contributed by atoms with E-state index in [1.165, 1.54) is 48.0 Å². The molecular formula is C26H20BrFN2O4S2. The van der Waals surface area contributed by atoms with Gasteiger partial charge in [0.25, 0.3) is 11.8 Å². The first-order valence-corrected chi connectivity index (χ1v) is 12.7. The van der Waals surface area contributed by atoms with E-state index in [1.54, 1.807) is 18.2 Å². The second-order valence-electron chi connectivity index (χ2n) is 7.73. The first-order valence-electron chi connectivity index (χ1n) is 10.7. The van der Waals surface area contributed by atoms with Crippen LogP contribution in [-0.2, 0) is 9.59 Å². The quantitative estimate of drug-likeness (QED) is 0.258. The summed E-state index contributed by atoms with van der Waals surface area (Å²) in [5.74, 6) is -0.313. The van der Waals surface area contributed by atoms with Gasteiger partial charge in [0.2, 0.25) is 0 Å². The molecule has 1 aliphatic rings. The molecule has 0 aromatic heterocycles. The van der Waals surface area contributed by atoms with Crippen LogP contribution in [0.4, 0.5) is 15.8 Å². The lowest BCUT2D eigenvalue weighted by Gasteiger charge is -2.15. The number of thiocarbonyl (C=S) groups is 1. The van der Waals surface area contributed by atoms with Crippen molar-refractivity contribution in [1.82, 2.24) is 0 Å². The summed E-state index contributed by atoms with van der Waals surface area (Å²) in [7, 11) is 1.48. The van der Waals surface area contributed by atoms with Crippen LogP contribution in [0.2, 0.25) is 0 Å². The lowest BCUT2D eigenvalue weighted by Crippen LogP contribution is -2.27. The van der Waals surface area contributed by atoms with E-state index in [2.05, 4.69) is 21.2 Å². The van der Waals surface area contributed by atoms with Gasteiger partial charge in [0.05, 0.1) is 22.2 Å². The predicted molar refractivity (Wildman–Crippen MR) is 148 cm³/mol. The zero-order valence-corrected chi connectivity index (χ0v) is 22.4. The molecule has 1 aliphatic heterocycles. The number of methoxy groups -OCH3 is 1. The van der Waals surface area contributed by atoms with E-state index in [-0.39, 0.29) is 12.5 Å². The lowest BCUT2D eigenvalue weighted by molar-refractivity contribution is -0.118. The molecule has 1 N–H and O–H groups in total. The zero-order valence-electron chi connectivity index (χ0n) is 19.2. The molecule has 0 spiro atoms. The van der Waals surface area contributed by atoms with Gasteiger partial charge in [-0.05, 0) is 83.0 Å². The fraction of sp³-hybridized carbons (Fsp3) is 0.115. The molecule has 1 saturated heterocycles. The Labute approximate surface area is 225 Å². The minimum Gasteiger partial charge on any atom is -0.493 e. The third kappa shape index (κ3) is 5.95.